The molecule has 1 atom stereocenters. The van der Waals surface area contributed by atoms with Crippen molar-refractivity contribution in [1.29, 1.82) is 0 Å². The summed E-state index contributed by atoms with van der Waals surface area (Å²) in [6.07, 6.45) is 3.69. The molecule has 0 aliphatic carbocycles. The van der Waals surface area contributed by atoms with Crippen molar-refractivity contribution in [3.05, 3.63) is 22.7 Å². The van der Waals surface area contributed by atoms with Gasteiger partial charge in [-0.05, 0) is 6.42 Å². The van der Waals surface area contributed by atoms with Crippen molar-refractivity contribution >= 4 is 11.8 Å². The van der Waals surface area contributed by atoms with E-state index >= 15 is 0 Å². The molecule has 1 aliphatic heterocycles. The summed E-state index contributed by atoms with van der Waals surface area (Å²) in [5.74, 6) is -0.865. The van der Waals surface area contributed by atoms with Gasteiger partial charge < -0.3 is 14.6 Å². The monoisotopic (exact) mass is 223 g/mol. The van der Waals surface area contributed by atoms with Gasteiger partial charge in [0.2, 0.25) is 0 Å². The fourth-order valence-electron chi connectivity index (χ4n) is 1.86. The molecule has 1 unspecified atom stereocenters. The van der Waals surface area contributed by atoms with Crippen molar-refractivity contribution < 1.29 is 9.90 Å². The van der Waals surface area contributed by atoms with Crippen molar-refractivity contribution in [2.45, 2.75) is 6.42 Å². The van der Waals surface area contributed by atoms with Crippen molar-refractivity contribution in [3.63, 3.8) is 0 Å². The Morgan fingerprint density at radius 2 is 2.38 bits per heavy atom. The lowest BCUT2D eigenvalue weighted by Crippen LogP contribution is -2.31. The average molecular weight is 223 g/mol. The van der Waals surface area contributed by atoms with Crippen LogP contribution in [-0.4, -0.2) is 33.7 Å². The SMILES string of the molecule is Cn1ccnc(N2CCC(C(=O)O)C2)c1=O. The minimum atomic E-state index is -0.810. The van der Waals surface area contributed by atoms with E-state index in [0.29, 0.717) is 25.3 Å². The van der Waals surface area contributed by atoms with Crippen LogP contribution in [0.2, 0.25) is 0 Å². The highest BCUT2D eigenvalue weighted by molar-refractivity contribution is 5.71. The predicted molar refractivity (Wildman–Crippen MR) is 57.4 cm³/mol. The maximum atomic E-state index is 11.7. The lowest BCUT2D eigenvalue weighted by Gasteiger charge is -2.15. The molecule has 0 radical (unpaired) electrons. The molecule has 1 aromatic rings. The molecular formula is C10H13N3O3. The summed E-state index contributed by atoms with van der Waals surface area (Å²) in [6, 6.07) is 0. The van der Waals surface area contributed by atoms with Gasteiger partial charge in [-0.3, -0.25) is 9.59 Å². The number of anilines is 1. The molecule has 1 aromatic heterocycles. The molecule has 2 heterocycles. The van der Waals surface area contributed by atoms with Crippen molar-refractivity contribution in [2.24, 2.45) is 13.0 Å². The second kappa shape index (κ2) is 3.96. The smallest absolute Gasteiger partial charge is 0.308 e. The van der Waals surface area contributed by atoms with E-state index in [-0.39, 0.29) is 5.56 Å². The largest absolute Gasteiger partial charge is 0.481 e. The summed E-state index contributed by atoms with van der Waals surface area (Å²) < 4.78 is 1.44. The maximum absolute atomic E-state index is 11.7. The van der Waals surface area contributed by atoms with Crippen LogP contribution in [0.25, 0.3) is 0 Å². The average Bonchev–Trinajstić information content (AvgIpc) is 2.71. The molecule has 1 aliphatic rings. The molecule has 0 saturated carbocycles. The van der Waals surface area contributed by atoms with Gasteiger partial charge in [0.1, 0.15) is 0 Å². The first-order valence-corrected chi connectivity index (χ1v) is 5.09. The molecule has 0 bridgehead atoms. The van der Waals surface area contributed by atoms with Crippen molar-refractivity contribution in [1.82, 2.24) is 9.55 Å². The molecule has 1 fully saturated rings. The Morgan fingerprint density at radius 1 is 1.62 bits per heavy atom. The fourth-order valence-corrected chi connectivity index (χ4v) is 1.86. The number of aromatic nitrogens is 2. The molecule has 6 nitrogen and oxygen atoms in total. The molecule has 0 amide bonds. The standard InChI is InChI=1S/C10H13N3O3/c1-12-5-3-11-8(9(12)14)13-4-2-7(6-13)10(15)16/h3,5,7H,2,4,6H2,1H3,(H,15,16). The molecule has 16 heavy (non-hydrogen) atoms. The Labute approximate surface area is 92.1 Å². The van der Waals surface area contributed by atoms with Gasteiger partial charge in [0.25, 0.3) is 5.56 Å². The second-order valence-electron chi connectivity index (χ2n) is 3.94. The summed E-state index contributed by atoms with van der Waals surface area (Å²) >= 11 is 0. The van der Waals surface area contributed by atoms with E-state index in [1.165, 1.54) is 4.57 Å². The van der Waals surface area contributed by atoms with Crippen LogP contribution in [0.3, 0.4) is 0 Å². The summed E-state index contributed by atoms with van der Waals surface area (Å²) in [6.45, 7) is 0.935. The van der Waals surface area contributed by atoms with Gasteiger partial charge in [0.05, 0.1) is 5.92 Å². The topological polar surface area (TPSA) is 75.4 Å². The van der Waals surface area contributed by atoms with E-state index in [1.807, 2.05) is 0 Å². The van der Waals surface area contributed by atoms with Crippen LogP contribution in [0.15, 0.2) is 17.2 Å². The molecule has 0 aromatic carbocycles. The Kier molecular flexibility index (Phi) is 2.64. The van der Waals surface area contributed by atoms with Gasteiger partial charge in [-0.2, -0.15) is 0 Å². The zero-order chi connectivity index (χ0) is 11.7. The molecule has 1 N–H and O–H groups in total. The van der Waals surface area contributed by atoms with Gasteiger partial charge in [-0.1, -0.05) is 0 Å². The number of nitrogens with zero attached hydrogens (tertiary/aromatic N) is 3. The van der Waals surface area contributed by atoms with Crippen LogP contribution in [0.1, 0.15) is 6.42 Å². The molecule has 0 spiro atoms. The van der Waals surface area contributed by atoms with Gasteiger partial charge in [0, 0.05) is 32.5 Å². The third kappa shape index (κ3) is 1.78. The van der Waals surface area contributed by atoms with Crippen LogP contribution in [0.5, 0.6) is 0 Å². The summed E-state index contributed by atoms with van der Waals surface area (Å²) in [5, 5.41) is 8.87. The highest BCUT2D eigenvalue weighted by Gasteiger charge is 2.29. The van der Waals surface area contributed by atoms with E-state index in [9.17, 15) is 9.59 Å². The van der Waals surface area contributed by atoms with E-state index in [0.717, 1.165) is 0 Å². The fraction of sp³-hybridized carbons (Fsp3) is 0.500. The number of carboxylic acid groups (broad SMARTS) is 1. The highest BCUT2D eigenvalue weighted by Crippen LogP contribution is 2.19. The van der Waals surface area contributed by atoms with Crippen LogP contribution >= 0.6 is 0 Å². The van der Waals surface area contributed by atoms with Crippen molar-refractivity contribution in [3.8, 4) is 0 Å². The minimum absolute atomic E-state index is 0.187. The number of rotatable bonds is 2. The first-order chi connectivity index (χ1) is 7.59. The molecule has 86 valence electrons. The Hall–Kier alpha value is -1.85. The number of hydrogen-bond acceptors (Lipinski definition) is 4. The number of carbonyl (C=O) groups is 1. The van der Waals surface area contributed by atoms with Crippen LogP contribution < -0.4 is 10.5 Å². The lowest BCUT2D eigenvalue weighted by atomic mass is 10.1. The summed E-state index contributed by atoms with van der Waals surface area (Å²) in [7, 11) is 1.65. The second-order valence-corrected chi connectivity index (χ2v) is 3.94. The molecule has 6 heteroatoms. The first-order valence-electron chi connectivity index (χ1n) is 5.09. The Morgan fingerprint density at radius 3 is 3.00 bits per heavy atom. The minimum Gasteiger partial charge on any atom is -0.481 e. The summed E-state index contributed by atoms with van der Waals surface area (Å²) in [5.41, 5.74) is -0.187. The highest BCUT2D eigenvalue weighted by atomic mass is 16.4. The zero-order valence-electron chi connectivity index (χ0n) is 8.96. The van der Waals surface area contributed by atoms with Gasteiger partial charge in [0.15, 0.2) is 5.82 Å². The van der Waals surface area contributed by atoms with Gasteiger partial charge in [-0.15, -0.1) is 0 Å². The predicted octanol–water partition coefficient (Wildman–Crippen LogP) is -0.309. The van der Waals surface area contributed by atoms with Gasteiger partial charge >= 0.3 is 5.97 Å². The summed E-state index contributed by atoms with van der Waals surface area (Å²) in [4.78, 5) is 28.3. The third-order valence-electron chi connectivity index (χ3n) is 2.84. The van der Waals surface area contributed by atoms with Crippen molar-refractivity contribution in [2.75, 3.05) is 18.0 Å². The number of aliphatic carboxylic acids is 1. The molecule has 2 rings (SSSR count). The third-order valence-corrected chi connectivity index (χ3v) is 2.84. The van der Waals surface area contributed by atoms with E-state index < -0.39 is 11.9 Å². The zero-order valence-corrected chi connectivity index (χ0v) is 8.96. The Balaban J connectivity index is 2.24. The number of carboxylic acids is 1. The molecular weight excluding hydrogens is 210 g/mol. The van der Waals surface area contributed by atoms with Crippen LogP contribution in [-0.2, 0) is 11.8 Å². The van der Waals surface area contributed by atoms with Gasteiger partial charge in [-0.25, -0.2) is 4.98 Å². The van der Waals surface area contributed by atoms with E-state index in [1.54, 1.807) is 24.3 Å². The van der Waals surface area contributed by atoms with E-state index in [4.69, 9.17) is 5.11 Å². The number of aryl methyl sites for hydroxylation is 1. The van der Waals surface area contributed by atoms with E-state index in [2.05, 4.69) is 4.98 Å². The number of hydrogen-bond donors (Lipinski definition) is 1. The molecule has 1 saturated heterocycles. The van der Waals surface area contributed by atoms with Crippen LogP contribution in [0.4, 0.5) is 5.82 Å². The lowest BCUT2D eigenvalue weighted by molar-refractivity contribution is -0.140. The van der Waals surface area contributed by atoms with Crippen LogP contribution in [0, 0.1) is 5.92 Å². The normalized spacial score (nSPS) is 20.1. The maximum Gasteiger partial charge on any atom is 0.308 e. The quantitative estimate of drug-likeness (QED) is 0.744. The first kappa shape index (κ1) is 10.7. The Bertz CT molecular complexity index is 469.